The molecule has 3 aliphatic rings. The number of morpholine rings is 1. The molecule has 0 saturated carbocycles. The monoisotopic (exact) mass is 476 g/mol. The number of benzene rings is 2. The van der Waals surface area contributed by atoms with Crippen molar-refractivity contribution < 1.29 is 14.3 Å². The van der Waals surface area contributed by atoms with E-state index in [1.165, 1.54) is 5.56 Å². The van der Waals surface area contributed by atoms with Crippen molar-refractivity contribution in [2.75, 3.05) is 43.1 Å². The van der Waals surface area contributed by atoms with Crippen LogP contribution in [-0.2, 0) is 20.7 Å². The second-order valence-electron chi connectivity index (χ2n) is 10.3. The van der Waals surface area contributed by atoms with Gasteiger partial charge in [-0.1, -0.05) is 30.3 Å². The summed E-state index contributed by atoms with van der Waals surface area (Å²) >= 11 is 0. The van der Waals surface area contributed by atoms with Crippen LogP contribution in [-0.4, -0.2) is 67.2 Å². The minimum Gasteiger partial charge on any atom is -0.378 e. The van der Waals surface area contributed by atoms with Gasteiger partial charge in [0.1, 0.15) is 0 Å². The highest BCUT2D eigenvalue weighted by atomic mass is 16.5. The van der Waals surface area contributed by atoms with E-state index in [1.807, 2.05) is 18.2 Å². The van der Waals surface area contributed by atoms with Crippen molar-refractivity contribution in [1.82, 2.24) is 10.2 Å². The molecular weight excluding hydrogens is 440 g/mol. The molecule has 7 heteroatoms. The maximum atomic E-state index is 13.2. The lowest BCUT2D eigenvalue weighted by Crippen LogP contribution is -2.54. The molecule has 2 N–H and O–H groups in total. The summed E-state index contributed by atoms with van der Waals surface area (Å²) in [4.78, 5) is 30.2. The van der Waals surface area contributed by atoms with Crippen LogP contribution in [0.5, 0.6) is 0 Å². The minimum atomic E-state index is -0.312. The first kappa shape index (κ1) is 23.8. The van der Waals surface area contributed by atoms with Crippen LogP contribution in [0.4, 0.5) is 11.4 Å². The van der Waals surface area contributed by atoms with Crippen molar-refractivity contribution in [3.8, 4) is 0 Å². The standard InChI is InChI=1S/C28H36N4O3/c1-28-19-24(18-21-6-3-2-4-7-21)32(25(28)8-5-9-26(33)30-28)20-27(34)29-22-10-12-23(13-11-22)31-14-16-35-17-15-31/h2-4,6-7,10-13,24-25H,5,8-9,14-20H2,1H3,(H,29,34)(H,30,33)/t24-,25+,28+/m1/s1. The molecule has 0 aliphatic carbocycles. The number of nitrogens with one attached hydrogen (secondary N) is 2. The Bertz CT molecular complexity index is 1020. The molecule has 5 rings (SSSR count). The molecule has 0 bridgehead atoms. The molecule has 3 atom stereocenters. The van der Waals surface area contributed by atoms with Crippen molar-refractivity contribution >= 4 is 23.2 Å². The van der Waals surface area contributed by atoms with Crippen LogP contribution in [0.15, 0.2) is 54.6 Å². The summed E-state index contributed by atoms with van der Waals surface area (Å²) in [6, 6.07) is 18.9. The van der Waals surface area contributed by atoms with E-state index in [2.05, 4.69) is 63.8 Å². The number of rotatable bonds is 6. The topological polar surface area (TPSA) is 73.9 Å². The quantitative estimate of drug-likeness (QED) is 0.670. The molecule has 2 aromatic rings. The summed E-state index contributed by atoms with van der Waals surface area (Å²) in [6.45, 7) is 5.75. The highest BCUT2D eigenvalue weighted by molar-refractivity contribution is 5.92. The lowest BCUT2D eigenvalue weighted by Gasteiger charge is -2.34. The van der Waals surface area contributed by atoms with E-state index >= 15 is 0 Å². The van der Waals surface area contributed by atoms with Gasteiger partial charge in [-0.05, 0) is 62.4 Å². The highest BCUT2D eigenvalue weighted by Gasteiger charge is 2.50. The van der Waals surface area contributed by atoms with Crippen molar-refractivity contribution in [3.63, 3.8) is 0 Å². The zero-order valence-electron chi connectivity index (χ0n) is 20.5. The van der Waals surface area contributed by atoms with E-state index < -0.39 is 0 Å². The summed E-state index contributed by atoms with van der Waals surface area (Å²) in [5.74, 6) is 0.113. The Labute approximate surface area is 207 Å². The fourth-order valence-corrected chi connectivity index (χ4v) is 6.08. The molecule has 0 unspecified atom stereocenters. The Kier molecular flexibility index (Phi) is 7.07. The van der Waals surface area contributed by atoms with E-state index in [1.54, 1.807) is 0 Å². The first-order valence-electron chi connectivity index (χ1n) is 12.8. The first-order valence-corrected chi connectivity index (χ1v) is 12.8. The molecule has 3 fully saturated rings. The van der Waals surface area contributed by atoms with Gasteiger partial charge in [0.2, 0.25) is 11.8 Å². The molecular formula is C28H36N4O3. The number of hydrogen-bond acceptors (Lipinski definition) is 5. The number of carbonyl (C=O) groups is 2. The molecule has 186 valence electrons. The van der Waals surface area contributed by atoms with Crippen LogP contribution in [0.2, 0.25) is 0 Å². The highest BCUT2D eigenvalue weighted by Crippen LogP contribution is 2.39. The smallest absolute Gasteiger partial charge is 0.238 e. The Hall–Kier alpha value is -2.90. The Morgan fingerprint density at radius 3 is 2.60 bits per heavy atom. The summed E-state index contributed by atoms with van der Waals surface area (Å²) in [5.41, 5.74) is 2.90. The van der Waals surface area contributed by atoms with Gasteiger partial charge >= 0.3 is 0 Å². The second kappa shape index (κ2) is 10.4. The Balaban J connectivity index is 1.29. The van der Waals surface area contributed by atoms with Crippen LogP contribution in [0.25, 0.3) is 0 Å². The SMILES string of the molecule is C[C@]12C[C@@H](Cc3ccccc3)N(CC(=O)Nc3ccc(N4CCOCC4)cc3)[C@H]1CCCC(=O)N2. The fourth-order valence-electron chi connectivity index (χ4n) is 6.08. The van der Waals surface area contributed by atoms with E-state index in [0.29, 0.717) is 13.0 Å². The normalized spacial score (nSPS) is 27.1. The number of ether oxygens (including phenoxy) is 1. The fraction of sp³-hybridized carbons (Fsp3) is 0.500. The van der Waals surface area contributed by atoms with Crippen molar-refractivity contribution in [2.24, 2.45) is 0 Å². The predicted molar refractivity (Wildman–Crippen MR) is 138 cm³/mol. The van der Waals surface area contributed by atoms with Crippen LogP contribution in [0.3, 0.4) is 0 Å². The average Bonchev–Trinajstić information content (AvgIpc) is 3.00. The summed E-state index contributed by atoms with van der Waals surface area (Å²) in [5, 5.41) is 6.40. The van der Waals surface area contributed by atoms with E-state index in [9.17, 15) is 9.59 Å². The van der Waals surface area contributed by atoms with E-state index in [-0.39, 0.29) is 29.4 Å². The van der Waals surface area contributed by atoms with Crippen LogP contribution in [0.1, 0.15) is 38.2 Å². The molecule has 0 spiro atoms. The van der Waals surface area contributed by atoms with Crippen molar-refractivity contribution in [3.05, 3.63) is 60.2 Å². The minimum absolute atomic E-state index is 0.0120. The number of nitrogens with zero attached hydrogens (tertiary/aromatic N) is 2. The molecule has 0 aromatic heterocycles. The maximum absolute atomic E-state index is 13.2. The number of carbonyl (C=O) groups excluding carboxylic acids is 2. The number of anilines is 2. The number of hydrogen-bond donors (Lipinski definition) is 2. The summed E-state index contributed by atoms with van der Waals surface area (Å²) in [6.07, 6.45) is 4.04. The van der Waals surface area contributed by atoms with Gasteiger partial charge in [-0.25, -0.2) is 0 Å². The molecule has 2 amide bonds. The summed E-state index contributed by atoms with van der Waals surface area (Å²) in [7, 11) is 0. The summed E-state index contributed by atoms with van der Waals surface area (Å²) < 4.78 is 5.44. The van der Waals surface area contributed by atoms with Gasteiger partial charge in [0.05, 0.1) is 25.3 Å². The third kappa shape index (κ3) is 5.52. The van der Waals surface area contributed by atoms with Crippen LogP contribution in [0, 0.1) is 0 Å². The molecule has 7 nitrogen and oxygen atoms in total. The average molecular weight is 477 g/mol. The largest absolute Gasteiger partial charge is 0.378 e. The van der Waals surface area contributed by atoms with Crippen LogP contribution >= 0.6 is 0 Å². The van der Waals surface area contributed by atoms with Gasteiger partial charge < -0.3 is 20.3 Å². The molecule has 2 aromatic carbocycles. The van der Waals surface area contributed by atoms with Crippen molar-refractivity contribution in [2.45, 2.75) is 56.7 Å². The lowest BCUT2D eigenvalue weighted by atomic mass is 9.89. The van der Waals surface area contributed by atoms with E-state index in [4.69, 9.17) is 4.74 Å². The molecule has 3 heterocycles. The molecule has 3 saturated heterocycles. The second-order valence-corrected chi connectivity index (χ2v) is 10.3. The van der Waals surface area contributed by atoms with E-state index in [0.717, 1.165) is 63.4 Å². The number of amides is 2. The van der Waals surface area contributed by atoms with Crippen molar-refractivity contribution in [1.29, 1.82) is 0 Å². The molecule has 0 radical (unpaired) electrons. The lowest BCUT2D eigenvalue weighted by molar-refractivity contribution is -0.122. The Morgan fingerprint density at radius 2 is 1.86 bits per heavy atom. The predicted octanol–water partition coefficient (Wildman–Crippen LogP) is 3.21. The zero-order valence-corrected chi connectivity index (χ0v) is 20.5. The van der Waals surface area contributed by atoms with Gasteiger partial charge in [-0.15, -0.1) is 0 Å². The number of likely N-dealkylation sites (tertiary alicyclic amines) is 1. The number of fused-ring (bicyclic) bond motifs is 1. The zero-order chi connectivity index (χ0) is 24.3. The van der Waals surface area contributed by atoms with Gasteiger partial charge in [0, 0.05) is 43.0 Å². The van der Waals surface area contributed by atoms with Crippen LogP contribution < -0.4 is 15.5 Å². The van der Waals surface area contributed by atoms with Gasteiger partial charge in [-0.2, -0.15) is 0 Å². The first-order chi connectivity index (χ1) is 17.0. The third-order valence-corrected chi connectivity index (χ3v) is 7.74. The molecule has 35 heavy (non-hydrogen) atoms. The van der Waals surface area contributed by atoms with Gasteiger partial charge in [0.25, 0.3) is 0 Å². The molecule has 3 aliphatic heterocycles. The Morgan fingerprint density at radius 1 is 1.11 bits per heavy atom. The maximum Gasteiger partial charge on any atom is 0.238 e. The van der Waals surface area contributed by atoms with Gasteiger partial charge in [0.15, 0.2) is 0 Å². The van der Waals surface area contributed by atoms with Gasteiger partial charge in [-0.3, -0.25) is 14.5 Å². The third-order valence-electron chi connectivity index (χ3n) is 7.74.